The van der Waals surface area contributed by atoms with E-state index in [0.717, 1.165) is 12.8 Å². The number of carboxylic acid groups (broad SMARTS) is 1. The predicted octanol–water partition coefficient (Wildman–Crippen LogP) is 0.208. The van der Waals surface area contributed by atoms with E-state index >= 15 is 0 Å². The summed E-state index contributed by atoms with van der Waals surface area (Å²) >= 11 is 0. The van der Waals surface area contributed by atoms with Crippen molar-refractivity contribution >= 4 is 17.9 Å². The molecule has 0 spiro atoms. The van der Waals surface area contributed by atoms with E-state index in [-0.39, 0.29) is 0 Å². The predicted molar refractivity (Wildman–Crippen MR) is 68.6 cm³/mol. The minimum absolute atomic E-state index is 0.400. The molecule has 3 amide bonds. The second-order valence-corrected chi connectivity index (χ2v) is 4.81. The molecule has 0 radical (unpaired) electrons. The van der Waals surface area contributed by atoms with E-state index < -0.39 is 29.5 Å². The summed E-state index contributed by atoms with van der Waals surface area (Å²) in [5.41, 5.74) is -0.983. The summed E-state index contributed by atoms with van der Waals surface area (Å²) in [6, 6.07) is -1.37. The number of urea groups is 1. The molecule has 1 saturated carbocycles. The maximum atomic E-state index is 12.2. The largest absolute Gasteiger partial charge is 0.480 e. The van der Waals surface area contributed by atoms with Gasteiger partial charge in [-0.05, 0) is 26.7 Å². The summed E-state index contributed by atoms with van der Waals surface area (Å²) < 4.78 is 0. The molecule has 0 aromatic rings. The van der Waals surface area contributed by atoms with E-state index in [1.165, 1.54) is 6.92 Å². The number of hydrogen-bond donors (Lipinski definition) is 4. The van der Waals surface area contributed by atoms with Crippen molar-refractivity contribution in [1.82, 2.24) is 16.0 Å². The van der Waals surface area contributed by atoms with Crippen LogP contribution in [-0.2, 0) is 9.59 Å². The van der Waals surface area contributed by atoms with Gasteiger partial charge in [0.05, 0.1) is 0 Å². The Kier molecular flexibility index (Phi) is 5.14. The normalized spacial score (nSPS) is 18.4. The standard InChI is InChI=1S/C12H21N3O4/c1-3-13-11(19)15-12(6-4-5-7-12)10(18)14-8(2)9(16)17/h8H,3-7H2,1-2H3,(H,14,18)(H,16,17)(H2,13,15,19)/t8-/m1/s1. The molecule has 0 aliphatic heterocycles. The number of amides is 3. The van der Waals surface area contributed by atoms with Gasteiger partial charge in [-0.25, -0.2) is 4.79 Å². The molecule has 19 heavy (non-hydrogen) atoms. The molecule has 108 valence electrons. The Morgan fingerprint density at radius 2 is 1.84 bits per heavy atom. The average Bonchev–Trinajstić information content (AvgIpc) is 2.78. The lowest BCUT2D eigenvalue weighted by molar-refractivity contribution is -0.142. The van der Waals surface area contributed by atoms with Gasteiger partial charge in [0.25, 0.3) is 0 Å². The van der Waals surface area contributed by atoms with Crippen molar-refractivity contribution in [1.29, 1.82) is 0 Å². The van der Waals surface area contributed by atoms with Gasteiger partial charge in [-0.3, -0.25) is 9.59 Å². The Labute approximate surface area is 112 Å². The number of carboxylic acids is 1. The highest BCUT2D eigenvalue weighted by molar-refractivity contribution is 5.93. The highest BCUT2D eigenvalue weighted by Gasteiger charge is 2.43. The highest BCUT2D eigenvalue weighted by Crippen LogP contribution is 2.30. The first-order chi connectivity index (χ1) is 8.91. The number of rotatable bonds is 5. The summed E-state index contributed by atoms with van der Waals surface area (Å²) in [5.74, 6) is -1.52. The molecule has 0 bridgehead atoms. The third-order valence-corrected chi connectivity index (χ3v) is 3.30. The molecular formula is C12H21N3O4. The molecule has 0 aromatic carbocycles. The van der Waals surface area contributed by atoms with E-state index in [4.69, 9.17) is 5.11 Å². The van der Waals surface area contributed by atoms with Crippen LogP contribution >= 0.6 is 0 Å². The van der Waals surface area contributed by atoms with Crippen LogP contribution in [0.4, 0.5) is 4.79 Å². The Morgan fingerprint density at radius 3 is 2.32 bits per heavy atom. The Morgan fingerprint density at radius 1 is 1.26 bits per heavy atom. The molecule has 1 fully saturated rings. The van der Waals surface area contributed by atoms with Gasteiger partial charge < -0.3 is 21.1 Å². The Bertz CT molecular complexity index is 364. The maximum Gasteiger partial charge on any atom is 0.325 e. The number of hydrogen-bond acceptors (Lipinski definition) is 3. The molecule has 7 nitrogen and oxygen atoms in total. The molecule has 7 heteroatoms. The van der Waals surface area contributed by atoms with Gasteiger partial charge in [0.15, 0.2) is 0 Å². The minimum atomic E-state index is -1.10. The second-order valence-electron chi connectivity index (χ2n) is 4.81. The van der Waals surface area contributed by atoms with Crippen molar-refractivity contribution in [3.63, 3.8) is 0 Å². The monoisotopic (exact) mass is 271 g/mol. The van der Waals surface area contributed by atoms with Crippen LogP contribution in [0.15, 0.2) is 0 Å². The first-order valence-electron chi connectivity index (χ1n) is 6.51. The van der Waals surface area contributed by atoms with Crippen LogP contribution < -0.4 is 16.0 Å². The van der Waals surface area contributed by atoms with Crippen molar-refractivity contribution < 1.29 is 19.5 Å². The van der Waals surface area contributed by atoms with Gasteiger partial charge in [0.1, 0.15) is 11.6 Å². The zero-order valence-corrected chi connectivity index (χ0v) is 11.3. The lowest BCUT2D eigenvalue weighted by Crippen LogP contribution is -2.61. The van der Waals surface area contributed by atoms with Crippen LogP contribution in [0.1, 0.15) is 39.5 Å². The zero-order valence-electron chi connectivity index (χ0n) is 11.3. The summed E-state index contributed by atoms with van der Waals surface area (Å²) in [5, 5.41) is 16.5. The average molecular weight is 271 g/mol. The van der Waals surface area contributed by atoms with Crippen LogP contribution in [0.25, 0.3) is 0 Å². The molecule has 1 rings (SSSR count). The highest BCUT2D eigenvalue weighted by atomic mass is 16.4. The third kappa shape index (κ3) is 3.84. The Balaban J connectivity index is 2.72. The molecule has 1 aliphatic carbocycles. The van der Waals surface area contributed by atoms with Gasteiger partial charge in [-0.1, -0.05) is 12.8 Å². The van der Waals surface area contributed by atoms with Crippen molar-refractivity contribution in [3.8, 4) is 0 Å². The fraction of sp³-hybridized carbons (Fsp3) is 0.750. The fourth-order valence-corrected chi connectivity index (χ4v) is 2.21. The summed E-state index contributed by atoms with van der Waals surface area (Å²) in [4.78, 5) is 34.6. The molecule has 0 saturated heterocycles. The molecule has 0 unspecified atom stereocenters. The van der Waals surface area contributed by atoms with Crippen LogP contribution in [0.2, 0.25) is 0 Å². The van der Waals surface area contributed by atoms with E-state index in [9.17, 15) is 14.4 Å². The number of aliphatic carboxylic acids is 1. The molecule has 4 N–H and O–H groups in total. The van der Waals surface area contributed by atoms with Gasteiger partial charge in [-0.2, -0.15) is 0 Å². The molecule has 1 aliphatic rings. The minimum Gasteiger partial charge on any atom is -0.480 e. The van der Waals surface area contributed by atoms with E-state index in [2.05, 4.69) is 16.0 Å². The van der Waals surface area contributed by atoms with Crippen LogP contribution in [0, 0.1) is 0 Å². The summed E-state index contributed by atoms with van der Waals surface area (Å²) in [6.45, 7) is 3.65. The van der Waals surface area contributed by atoms with Gasteiger partial charge in [0, 0.05) is 6.54 Å². The fourth-order valence-electron chi connectivity index (χ4n) is 2.21. The third-order valence-electron chi connectivity index (χ3n) is 3.30. The molecule has 0 heterocycles. The van der Waals surface area contributed by atoms with Crippen LogP contribution in [0.3, 0.4) is 0 Å². The SMILES string of the molecule is CCNC(=O)NC1(C(=O)N[C@H](C)C(=O)O)CCCC1. The van der Waals surface area contributed by atoms with E-state index in [1.807, 2.05) is 0 Å². The zero-order chi connectivity index (χ0) is 14.5. The first kappa shape index (κ1) is 15.3. The van der Waals surface area contributed by atoms with E-state index in [1.54, 1.807) is 6.92 Å². The number of carbonyl (C=O) groups excluding carboxylic acids is 2. The maximum absolute atomic E-state index is 12.2. The lowest BCUT2D eigenvalue weighted by atomic mass is 9.96. The quantitative estimate of drug-likeness (QED) is 0.573. The number of nitrogens with one attached hydrogen (secondary N) is 3. The Hall–Kier alpha value is -1.79. The summed E-state index contributed by atoms with van der Waals surface area (Å²) in [6.07, 6.45) is 2.73. The molecule has 1 atom stereocenters. The van der Waals surface area contributed by atoms with Crippen molar-refractivity contribution in [2.45, 2.75) is 51.1 Å². The molecular weight excluding hydrogens is 250 g/mol. The van der Waals surface area contributed by atoms with Crippen LogP contribution in [-0.4, -0.2) is 41.1 Å². The lowest BCUT2D eigenvalue weighted by Gasteiger charge is -2.29. The molecule has 0 aromatic heterocycles. The van der Waals surface area contributed by atoms with Crippen molar-refractivity contribution in [3.05, 3.63) is 0 Å². The van der Waals surface area contributed by atoms with Crippen LogP contribution in [0.5, 0.6) is 0 Å². The summed E-state index contributed by atoms with van der Waals surface area (Å²) in [7, 11) is 0. The van der Waals surface area contributed by atoms with Crippen molar-refractivity contribution in [2.75, 3.05) is 6.54 Å². The topological polar surface area (TPSA) is 108 Å². The first-order valence-corrected chi connectivity index (χ1v) is 6.51. The van der Waals surface area contributed by atoms with Gasteiger partial charge in [0.2, 0.25) is 5.91 Å². The van der Waals surface area contributed by atoms with Gasteiger partial charge in [-0.15, -0.1) is 0 Å². The second kappa shape index (κ2) is 6.40. The van der Waals surface area contributed by atoms with Crippen molar-refractivity contribution in [2.24, 2.45) is 0 Å². The number of carbonyl (C=O) groups is 3. The smallest absolute Gasteiger partial charge is 0.325 e. The van der Waals surface area contributed by atoms with E-state index in [0.29, 0.717) is 19.4 Å². The van der Waals surface area contributed by atoms with Gasteiger partial charge >= 0.3 is 12.0 Å².